The largest absolute Gasteiger partial charge is 0.346 e. The van der Waals surface area contributed by atoms with E-state index in [1.807, 2.05) is 42.6 Å². The zero-order valence-electron chi connectivity index (χ0n) is 14.6. The van der Waals surface area contributed by atoms with Gasteiger partial charge < -0.3 is 9.55 Å². The third-order valence-corrected chi connectivity index (χ3v) is 7.04. The second-order valence-electron chi connectivity index (χ2n) is 6.93. The van der Waals surface area contributed by atoms with Crippen molar-refractivity contribution in [2.45, 2.75) is 18.2 Å². The summed E-state index contributed by atoms with van der Waals surface area (Å²) in [6.07, 6.45) is 6.19. The number of sulfonamides is 1. The van der Waals surface area contributed by atoms with Crippen molar-refractivity contribution in [2.24, 2.45) is 0 Å². The molecule has 1 aliphatic heterocycles. The lowest BCUT2D eigenvalue weighted by atomic mass is 10.2. The SMILES string of the molecule is O=S(=O)(Cc1ccccc1)N1CC[C@@H](n2cnc3cnc4[nH]ccc4c32)C1. The van der Waals surface area contributed by atoms with E-state index in [0.717, 1.165) is 34.1 Å². The topological polar surface area (TPSA) is 83.9 Å². The van der Waals surface area contributed by atoms with Gasteiger partial charge in [-0.3, -0.25) is 0 Å². The van der Waals surface area contributed by atoms with Crippen LogP contribution in [0.4, 0.5) is 0 Å². The summed E-state index contributed by atoms with van der Waals surface area (Å²) < 4.78 is 29.4. The van der Waals surface area contributed by atoms with Crippen molar-refractivity contribution >= 4 is 32.1 Å². The van der Waals surface area contributed by atoms with Gasteiger partial charge in [-0.1, -0.05) is 30.3 Å². The Kier molecular flexibility index (Phi) is 3.76. The standard InChI is InChI=1S/C19H19N5O2S/c25-27(26,12-14-4-2-1-3-5-14)23-9-7-15(11-23)24-13-22-17-10-21-19-16(18(17)24)6-8-20-19/h1-6,8,10,13,15H,7,9,11-12H2,(H,20,21)/t15-/m1/s1. The molecule has 4 aromatic rings. The van der Waals surface area contributed by atoms with E-state index in [9.17, 15) is 8.42 Å². The van der Waals surface area contributed by atoms with E-state index in [2.05, 4.69) is 19.5 Å². The number of nitrogens with one attached hydrogen (secondary N) is 1. The molecule has 0 bridgehead atoms. The first-order chi connectivity index (χ1) is 13.1. The predicted molar refractivity (Wildman–Crippen MR) is 104 cm³/mol. The molecular weight excluding hydrogens is 362 g/mol. The highest BCUT2D eigenvalue weighted by Gasteiger charge is 2.33. The summed E-state index contributed by atoms with van der Waals surface area (Å²) in [5, 5.41) is 1.01. The molecule has 138 valence electrons. The molecule has 5 rings (SSSR count). The molecule has 27 heavy (non-hydrogen) atoms. The maximum Gasteiger partial charge on any atom is 0.218 e. The van der Waals surface area contributed by atoms with Crippen LogP contribution in [0.5, 0.6) is 0 Å². The van der Waals surface area contributed by atoms with Gasteiger partial charge in [0.2, 0.25) is 10.0 Å². The van der Waals surface area contributed by atoms with Gasteiger partial charge in [0, 0.05) is 24.7 Å². The van der Waals surface area contributed by atoms with Crippen molar-refractivity contribution in [3.05, 3.63) is 60.7 Å². The number of hydrogen-bond acceptors (Lipinski definition) is 4. The van der Waals surface area contributed by atoms with Crippen LogP contribution in [0.15, 0.2) is 55.1 Å². The predicted octanol–water partition coefficient (Wildman–Crippen LogP) is 2.69. The van der Waals surface area contributed by atoms with E-state index in [1.165, 1.54) is 0 Å². The van der Waals surface area contributed by atoms with Gasteiger partial charge in [0.15, 0.2) is 0 Å². The molecule has 1 aliphatic rings. The summed E-state index contributed by atoms with van der Waals surface area (Å²) in [6, 6.07) is 11.4. The van der Waals surface area contributed by atoms with Gasteiger partial charge in [0.25, 0.3) is 0 Å². The Morgan fingerprint density at radius 1 is 1.15 bits per heavy atom. The molecule has 0 radical (unpaired) electrons. The minimum atomic E-state index is -3.34. The number of aromatic nitrogens is 4. The fourth-order valence-corrected chi connectivity index (χ4v) is 5.45. The monoisotopic (exact) mass is 381 g/mol. The molecule has 0 spiro atoms. The lowest BCUT2D eigenvalue weighted by Crippen LogP contribution is -2.30. The van der Waals surface area contributed by atoms with Gasteiger partial charge in [-0.15, -0.1) is 0 Å². The summed E-state index contributed by atoms with van der Waals surface area (Å²) in [7, 11) is -3.34. The van der Waals surface area contributed by atoms with Crippen LogP contribution in [0.1, 0.15) is 18.0 Å². The third-order valence-electron chi connectivity index (χ3n) is 5.22. The van der Waals surface area contributed by atoms with Crippen molar-refractivity contribution < 1.29 is 8.42 Å². The second-order valence-corrected chi connectivity index (χ2v) is 8.90. The molecule has 3 aromatic heterocycles. The first-order valence-corrected chi connectivity index (χ1v) is 10.5. The first-order valence-electron chi connectivity index (χ1n) is 8.92. The van der Waals surface area contributed by atoms with Crippen LogP contribution in [0, 0.1) is 0 Å². The Balaban J connectivity index is 1.44. The zero-order chi connectivity index (χ0) is 18.4. The van der Waals surface area contributed by atoms with E-state index in [-0.39, 0.29) is 11.8 Å². The maximum atomic E-state index is 12.8. The highest BCUT2D eigenvalue weighted by molar-refractivity contribution is 7.88. The molecule has 7 nitrogen and oxygen atoms in total. The average molecular weight is 381 g/mol. The van der Waals surface area contributed by atoms with Crippen LogP contribution < -0.4 is 0 Å². The van der Waals surface area contributed by atoms with E-state index >= 15 is 0 Å². The molecule has 1 fully saturated rings. The van der Waals surface area contributed by atoms with E-state index in [1.54, 1.807) is 16.8 Å². The molecule has 1 aromatic carbocycles. The minimum Gasteiger partial charge on any atom is -0.346 e. The first kappa shape index (κ1) is 16.5. The molecule has 1 N–H and O–H groups in total. The van der Waals surface area contributed by atoms with Gasteiger partial charge in [-0.25, -0.2) is 18.4 Å². The maximum absolute atomic E-state index is 12.8. The quantitative estimate of drug-likeness (QED) is 0.589. The van der Waals surface area contributed by atoms with Crippen molar-refractivity contribution in [3.63, 3.8) is 0 Å². The number of H-pyrrole nitrogens is 1. The number of fused-ring (bicyclic) bond motifs is 3. The van der Waals surface area contributed by atoms with E-state index < -0.39 is 10.0 Å². The third kappa shape index (κ3) is 2.81. The fraction of sp³-hybridized carbons (Fsp3) is 0.263. The number of nitrogens with zero attached hydrogens (tertiary/aromatic N) is 4. The number of hydrogen-bond donors (Lipinski definition) is 1. The molecule has 4 heterocycles. The highest BCUT2D eigenvalue weighted by atomic mass is 32.2. The molecule has 1 atom stereocenters. The number of rotatable bonds is 4. The number of aromatic amines is 1. The number of pyridine rings is 1. The second kappa shape index (κ2) is 6.17. The number of benzene rings is 1. The van der Waals surface area contributed by atoms with Gasteiger partial charge in [0.05, 0.1) is 29.8 Å². The molecule has 0 unspecified atom stereocenters. The van der Waals surface area contributed by atoms with Crippen LogP contribution >= 0.6 is 0 Å². The Hall–Kier alpha value is -2.71. The van der Waals surface area contributed by atoms with Gasteiger partial charge in [-0.2, -0.15) is 4.31 Å². The summed E-state index contributed by atoms with van der Waals surface area (Å²) in [5.74, 6) is 0.0389. The molecule has 0 saturated carbocycles. The van der Waals surface area contributed by atoms with E-state index in [0.29, 0.717) is 13.1 Å². The molecule has 0 aliphatic carbocycles. The van der Waals surface area contributed by atoms with E-state index in [4.69, 9.17) is 0 Å². The van der Waals surface area contributed by atoms with Gasteiger partial charge in [0.1, 0.15) is 11.2 Å². The minimum absolute atomic E-state index is 0.0389. The van der Waals surface area contributed by atoms with Crippen LogP contribution in [-0.2, 0) is 15.8 Å². The molecule has 8 heteroatoms. The summed E-state index contributed by atoms with van der Waals surface area (Å²) in [5.41, 5.74) is 3.46. The Labute approximate surface area is 156 Å². The van der Waals surface area contributed by atoms with Crippen molar-refractivity contribution in [3.8, 4) is 0 Å². The Bertz CT molecular complexity index is 1210. The average Bonchev–Trinajstić information content (AvgIpc) is 3.39. The zero-order valence-corrected chi connectivity index (χ0v) is 15.4. The normalized spacial score (nSPS) is 18.6. The van der Waals surface area contributed by atoms with Crippen LogP contribution in [-0.4, -0.2) is 45.3 Å². The van der Waals surface area contributed by atoms with Crippen molar-refractivity contribution in [1.82, 2.24) is 23.8 Å². The van der Waals surface area contributed by atoms with Crippen molar-refractivity contribution in [1.29, 1.82) is 0 Å². The molecule has 1 saturated heterocycles. The fourth-order valence-electron chi connectivity index (χ4n) is 3.87. The van der Waals surface area contributed by atoms with Crippen LogP contribution in [0.25, 0.3) is 22.1 Å². The Morgan fingerprint density at radius 3 is 2.85 bits per heavy atom. The highest BCUT2D eigenvalue weighted by Crippen LogP contribution is 2.31. The number of imidazole rings is 1. The van der Waals surface area contributed by atoms with Gasteiger partial charge >= 0.3 is 0 Å². The summed E-state index contributed by atoms with van der Waals surface area (Å²) in [6.45, 7) is 0.996. The molecular formula is C19H19N5O2S. The lowest BCUT2D eigenvalue weighted by molar-refractivity contribution is 0.454. The summed E-state index contributed by atoms with van der Waals surface area (Å²) in [4.78, 5) is 12.0. The smallest absolute Gasteiger partial charge is 0.218 e. The van der Waals surface area contributed by atoms with Gasteiger partial charge in [-0.05, 0) is 18.1 Å². The van der Waals surface area contributed by atoms with Crippen LogP contribution in [0.3, 0.4) is 0 Å². The summed E-state index contributed by atoms with van der Waals surface area (Å²) >= 11 is 0. The Morgan fingerprint density at radius 2 is 2.00 bits per heavy atom. The van der Waals surface area contributed by atoms with Crippen molar-refractivity contribution in [2.75, 3.05) is 13.1 Å². The molecule has 0 amide bonds. The van der Waals surface area contributed by atoms with Crippen LogP contribution in [0.2, 0.25) is 0 Å². The lowest BCUT2D eigenvalue weighted by Gasteiger charge is -2.17.